The summed E-state index contributed by atoms with van der Waals surface area (Å²) in [6, 6.07) is 9.65. The molecule has 28 heavy (non-hydrogen) atoms. The van der Waals surface area contributed by atoms with Gasteiger partial charge in [-0.15, -0.1) is 0 Å². The third-order valence-electron chi connectivity index (χ3n) is 4.89. The molecule has 7 nitrogen and oxygen atoms in total. The number of aromatic nitrogens is 4. The van der Waals surface area contributed by atoms with Crippen molar-refractivity contribution in [1.82, 2.24) is 24.5 Å². The second-order valence-corrected chi connectivity index (χ2v) is 8.87. The maximum absolute atomic E-state index is 13.8. The van der Waals surface area contributed by atoms with E-state index in [-0.39, 0.29) is 17.2 Å². The van der Waals surface area contributed by atoms with Crippen molar-refractivity contribution in [3.63, 3.8) is 0 Å². The Morgan fingerprint density at radius 1 is 1.18 bits per heavy atom. The molecule has 1 unspecified atom stereocenters. The van der Waals surface area contributed by atoms with Crippen molar-refractivity contribution in [1.29, 1.82) is 0 Å². The molecule has 1 atom stereocenters. The summed E-state index contributed by atoms with van der Waals surface area (Å²) < 4.78 is 40.6. The van der Waals surface area contributed by atoms with E-state index in [0.29, 0.717) is 25.3 Å². The van der Waals surface area contributed by atoms with Gasteiger partial charge >= 0.3 is 0 Å². The second kappa shape index (κ2) is 7.76. The molecule has 1 fully saturated rings. The quantitative estimate of drug-likeness (QED) is 0.685. The molecule has 1 saturated heterocycles. The average molecular weight is 401 g/mol. The molecule has 2 aromatic heterocycles. The molecule has 0 amide bonds. The fourth-order valence-corrected chi connectivity index (χ4v) is 5.04. The lowest BCUT2D eigenvalue weighted by molar-refractivity contribution is 0.452. The fourth-order valence-electron chi connectivity index (χ4n) is 3.41. The highest BCUT2D eigenvalue weighted by atomic mass is 32.2. The number of hydrogen-bond acceptors (Lipinski definition) is 5. The molecule has 1 aliphatic rings. The summed E-state index contributed by atoms with van der Waals surface area (Å²) in [5.41, 5.74) is 1.07. The number of pyridine rings is 1. The van der Waals surface area contributed by atoms with Gasteiger partial charge in [0.15, 0.2) is 5.82 Å². The molecule has 1 N–H and O–H groups in total. The van der Waals surface area contributed by atoms with Gasteiger partial charge in [0.05, 0.1) is 5.75 Å². The Labute approximate surface area is 162 Å². The van der Waals surface area contributed by atoms with Gasteiger partial charge in [0.25, 0.3) is 0 Å². The molecule has 3 heterocycles. The average Bonchev–Trinajstić information content (AvgIpc) is 3.35. The number of H-pyrrole nitrogens is 1. The fraction of sp³-hybridized carbons (Fsp3) is 0.316. The molecule has 4 rings (SSSR count). The van der Waals surface area contributed by atoms with Gasteiger partial charge in [-0.25, -0.2) is 22.1 Å². The molecule has 0 spiro atoms. The molecule has 1 aromatic carbocycles. The summed E-state index contributed by atoms with van der Waals surface area (Å²) in [5.74, 6) is 0.659. The van der Waals surface area contributed by atoms with Crippen LogP contribution in [-0.2, 0) is 22.2 Å². The molecule has 3 aromatic rings. The van der Waals surface area contributed by atoms with E-state index in [9.17, 15) is 12.8 Å². The van der Waals surface area contributed by atoms with Crippen LogP contribution in [0.5, 0.6) is 0 Å². The minimum absolute atomic E-state index is 0.147. The maximum Gasteiger partial charge on any atom is 0.218 e. The van der Waals surface area contributed by atoms with Gasteiger partial charge in [-0.2, -0.15) is 5.10 Å². The second-order valence-electron chi connectivity index (χ2n) is 6.91. The minimum Gasteiger partial charge on any atom is -0.265 e. The molecule has 0 radical (unpaired) electrons. The number of rotatable bonds is 6. The predicted octanol–water partition coefficient (Wildman–Crippen LogP) is 2.40. The Bertz CT molecular complexity index is 1050. The molecule has 0 saturated carbocycles. The number of hydrogen-bond donors (Lipinski definition) is 1. The molecule has 146 valence electrons. The molecular formula is C19H20FN5O2S. The Morgan fingerprint density at radius 3 is 2.75 bits per heavy atom. The van der Waals surface area contributed by atoms with Gasteiger partial charge in [-0.05, 0) is 30.5 Å². The summed E-state index contributed by atoms with van der Waals surface area (Å²) >= 11 is 0. The van der Waals surface area contributed by atoms with Crippen LogP contribution in [0.2, 0.25) is 0 Å². The van der Waals surface area contributed by atoms with E-state index in [1.165, 1.54) is 16.4 Å². The largest absolute Gasteiger partial charge is 0.265 e. The summed E-state index contributed by atoms with van der Waals surface area (Å²) in [6.07, 6.45) is 4.72. The van der Waals surface area contributed by atoms with Crippen molar-refractivity contribution < 1.29 is 12.8 Å². The first kappa shape index (κ1) is 18.7. The lowest BCUT2D eigenvalue weighted by atomic mass is 10.1. The highest BCUT2D eigenvalue weighted by Gasteiger charge is 2.32. The zero-order valence-corrected chi connectivity index (χ0v) is 15.9. The van der Waals surface area contributed by atoms with E-state index < -0.39 is 15.8 Å². The Hall–Kier alpha value is -2.65. The lowest BCUT2D eigenvalue weighted by Crippen LogP contribution is -2.30. The summed E-state index contributed by atoms with van der Waals surface area (Å²) in [4.78, 5) is 8.47. The SMILES string of the molecule is O=S(=O)(Cc1ccccc1F)N1CCC(Cc2nc(-c3ccncc3)n[nH]2)C1. The summed E-state index contributed by atoms with van der Waals surface area (Å²) in [5, 5.41) is 7.16. The van der Waals surface area contributed by atoms with Gasteiger partial charge < -0.3 is 0 Å². The predicted molar refractivity (Wildman–Crippen MR) is 102 cm³/mol. The molecule has 9 heteroatoms. The van der Waals surface area contributed by atoms with Gasteiger partial charge in [-0.3, -0.25) is 10.1 Å². The first-order valence-corrected chi connectivity index (χ1v) is 10.6. The van der Waals surface area contributed by atoms with E-state index in [1.807, 2.05) is 12.1 Å². The van der Waals surface area contributed by atoms with Gasteiger partial charge in [0.2, 0.25) is 10.0 Å². The number of halogens is 1. The van der Waals surface area contributed by atoms with Crippen LogP contribution in [0, 0.1) is 11.7 Å². The number of nitrogens with zero attached hydrogens (tertiary/aromatic N) is 4. The number of nitrogens with one attached hydrogen (secondary N) is 1. The van der Waals surface area contributed by atoms with Crippen LogP contribution in [0.1, 0.15) is 17.8 Å². The van der Waals surface area contributed by atoms with Crippen molar-refractivity contribution in [2.24, 2.45) is 5.92 Å². The van der Waals surface area contributed by atoms with Gasteiger partial charge in [0.1, 0.15) is 11.6 Å². The Balaban J connectivity index is 1.39. The highest BCUT2D eigenvalue weighted by Crippen LogP contribution is 2.25. The van der Waals surface area contributed by atoms with Crippen LogP contribution in [0.3, 0.4) is 0 Å². The summed E-state index contributed by atoms with van der Waals surface area (Å²) in [7, 11) is -3.56. The van der Waals surface area contributed by atoms with Crippen molar-refractivity contribution in [3.05, 3.63) is 66.0 Å². The monoisotopic (exact) mass is 401 g/mol. The van der Waals surface area contributed by atoms with E-state index in [0.717, 1.165) is 17.8 Å². The number of aromatic amines is 1. The van der Waals surface area contributed by atoms with E-state index in [1.54, 1.807) is 24.5 Å². The zero-order chi connectivity index (χ0) is 19.6. The van der Waals surface area contributed by atoms with Crippen LogP contribution >= 0.6 is 0 Å². The minimum atomic E-state index is -3.56. The van der Waals surface area contributed by atoms with Crippen molar-refractivity contribution in [2.75, 3.05) is 13.1 Å². The molecule has 0 aliphatic carbocycles. The topological polar surface area (TPSA) is 91.8 Å². The van der Waals surface area contributed by atoms with Crippen LogP contribution in [0.15, 0.2) is 48.8 Å². The third-order valence-corrected chi connectivity index (χ3v) is 6.68. The normalized spacial score (nSPS) is 17.8. The molecule has 1 aliphatic heterocycles. The van der Waals surface area contributed by atoms with Gasteiger partial charge in [-0.1, -0.05) is 18.2 Å². The molecular weight excluding hydrogens is 381 g/mol. The van der Waals surface area contributed by atoms with E-state index >= 15 is 0 Å². The molecule has 0 bridgehead atoms. The first-order chi connectivity index (χ1) is 13.5. The van der Waals surface area contributed by atoms with E-state index in [2.05, 4.69) is 20.2 Å². The van der Waals surface area contributed by atoms with Crippen LogP contribution in [0.25, 0.3) is 11.4 Å². The third kappa shape index (κ3) is 4.10. The van der Waals surface area contributed by atoms with Crippen molar-refractivity contribution >= 4 is 10.0 Å². The van der Waals surface area contributed by atoms with Crippen LogP contribution in [-0.4, -0.2) is 46.0 Å². The van der Waals surface area contributed by atoms with Crippen LogP contribution < -0.4 is 0 Å². The zero-order valence-electron chi connectivity index (χ0n) is 15.1. The maximum atomic E-state index is 13.8. The van der Waals surface area contributed by atoms with Crippen LogP contribution in [0.4, 0.5) is 4.39 Å². The van der Waals surface area contributed by atoms with Crippen molar-refractivity contribution in [2.45, 2.75) is 18.6 Å². The number of benzene rings is 1. The Kier molecular flexibility index (Phi) is 5.19. The first-order valence-electron chi connectivity index (χ1n) is 9.04. The smallest absolute Gasteiger partial charge is 0.218 e. The summed E-state index contributed by atoms with van der Waals surface area (Å²) in [6.45, 7) is 0.842. The Morgan fingerprint density at radius 2 is 1.96 bits per heavy atom. The highest BCUT2D eigenvalue weighted by molar-refractivity contribution is 7.88. The standard InChI is InChI=1S/C19H20FN5O2S/c20-17-4-2-1-3-16(17)13-28(26,27)25-10-7-14(12-25)11-18-22-19(24-23-18)15-5-8-21-9-6-15/h1-6,8-9,14H,7,10-13H2,(H,22,23,24). The lowest BCUT2D eigenvalue weighted by Gasteiger charge is -2.16. The van der Waals surface area contributed by atoms with Crippen molar-refractivity contribution in [3.8, 4) is 11.4 Å². The van der Waals surface area contributed by atoms with E-state index in [4.69, 9.17) is 0 Å². The van der Waals surface area contributed by atoms with Gasteiger partial charge in [0, 0.05) is 43.0 Å². The number of sulfonamides is 1.